The quantitative estimate of drug-likeness (QED) is 0.929. The molecule has 3 unspecified atom stereocenters. The van der Waals surface area contributed by atoms with E-state index >= 15 is 0 Å². The zero-order valence-corrected chi connectivity index (χ0v) is 14.0. The van der Waals surface area contributed by atoms with E-state index in [1.54, 1.807) is 0 Å². The van der Waals surface area contributed by atoms with Crippen molar-refractivity contribution in [3.8, 4) is 0 Å². The van der Waals surface area contributed by atoms with E-state index in [1.165, 1.54) is 17.5 Å². The molecule has 1 aliphatic rings. The number of halogens is 1. The molecule has 4 heteroatoms. The average molecular weight is 311 g/mol. The van der Waals surface area contributed by atoms with Gasteiger partial charge in [0, 0.05) is 12.6 Å². The van der Waals surface area contributed by atoms with Gasteiger partial charge in [-0.25, -0.2) is 0 Å². The van der Waals surface area contributed by atoms with Crippen molar-refractivity contribution >= 4 is 18.3 Å². The second-order valence-electron chi connectivity index (χ2n) is 6.10. The van der Waals surface area contributed by atoms with E-state index in [9.17, 15) is 4.79 Å². The van der Waals surface area contributed by atoms with Crippen molar-refractivity contribution in [1.29, 1.82) is 0 Å². The number of likely N-dealkylation sites (tertiary alicyclic amines) is 1. The van der Waals surface area contributed by atoms with Crippen molar-refractivity contribution in [3.05, 3.63) is 35.4 Å². The zero-order valence-electron chi connectivity index (χ0n) is 13.2. The average Bonchev–Trinajstić information content (AvgIpc) is 2.46. The Morgan fingerprint density at radius 1 is 1.24 bits per heavy atom. The van der Waals surface area contributed by atoms with Crippen LogP contribution < -0.4 is 5.73 Å². The van der Waals surface area contributed by atoms with Gasteiger partial charge in [0.25, 0.3) is 0 Å². The van der Waals surface area contributed by atoms with E-state index in [1.807, 2.05) is 18.7 Å². The van der Waals surface area contributed by atoms with Crippen LogP contribution in [0, 0.1) is 12.8 Å². The summed E-state index contributed by atoms with van der Waals surface area (Å²) in [6, 6.07) is 8.69. The number of aryl methyl sites for hydroxylation is 1. The van der Waals surface area contributed by atoms with Gasteiger partial charge in [0.15, 0.2) is 0 Å². The highest BCUT2D eigenvalue weighted by atomic mass is 35.5. The summed E-state index contributed by atoms with van der Waals surface area (Å²) in [6.07, 6.45) is 3.34. The minimum atomic E-state index is -0.110. The van der Waals surface area contributed by atoms with Crippen molar-refractivity contribution in [2.75, 3.05) is 6.54 Å². The number of nitrogens with two attached hydrogens (primary N) is 1. The van der Waals surface area contributed by atoms with Gasteiger partial charge in [-0.1, -0.05) is 36.8 Å². The third kappa shape index (κ3) is 4.21. The summed E-state index contributed by atoms with van der Waals surface area (Å²) in [6.45, 7) is 6.79. The topological polar surface area (TPSA) is 46.3 Å². The van der Waals surface area contributed by atoms with E-state index in [2.05, 4.69) is 31.2 Å². The summed E-state index contributed by atoms with van der Waals surface area (Å²) in [5.41, 5.74) is 8.41. The van der Waals surface area contributed by atoms with Gasteiger partial charge in [-0.2, -0.15) is 0 Å². The van der Waals surface area contributed by atoms with Crippen LogP contribution in [0.15, 0.2) is 24.3 Å². The van der Waals surface area contributed by atoms with Gasteiger partial charge in [-0.15, -0.1) is 12.4 Å². The largest absolute Gasteiger partial charge is 0.335 e. The Bertz CT molecular complexity index is 458. The van der Waals surface area contributed by atoms with E-state index in [-0.39, 0.29) is 36.3 Å². The number of hydrogen-bond acceptors (Lipinski definition) is 2. The lowest BCUT2D eigenvalue weighted by Gasteiger charge is -2.38. The first-order valence-corrected chi connectivity index (χ1v) is 7.63. The predicted molar refractivity (Wildman–Crippen MR) is 89.5 cm³/mol. The molecular formula is C17H27ClN2O. The van der Waals surface area contributed by atoms with Crippen molar-refractivity contribution in [3.63, 3.8) is 0 Å². The first-order valence-electron chi connectivity index (χ1n) is 7.63. The Morgan fingerprint density at radius 3 is 2.43 bits per heavy atom. The lowest BCUT2D eigenvalue weighted by Crippen LogP contribution is -2.45. The fourth-order valence-corrected chi connectivity index (χ4v) is 2.82. The molecule has 1 aliphatic heterocycles. The number of amides is 1. The van der Waals surface area contributed by atoms with Crippen LogP contribution in [0.3, 0.4) is 0 Å². The van der Waals surface area contributed by atoms with Crippen molar-refractivity contribution < 1.29 is 4.79 Å². The maximum Gasteiger partial charge on any atom is 0.227 e. The second-order valence-corrected chi connectivity index (χ2v) is 6.10. The number of nitrogens with zero attached hydrogens (tertiary/aromatic N) is 1. The van der Waals surface area contributed by atoms with Crippen LogP contribution in [0.4, 0.5) is 0 Å². The fraction of sp³-hybridized carbons (Fsp3) is 0.588. The first-order chi connectivity index (χ1) is 9.50. The summed E-state index contributed by atoms with van der Waals surface area (Å²) in [7, 11) is 0. The van der Waals surface area contributed by atoms with Gasteiger partial charge < -0.3 is 10.6 Å². The van der Waals surface area contributed by atoms with Crippen LogP contribution in [0.5, 0.6) is 0 Å². The zero-order chi connectivity index (χ0) is 14.7. The molecule has 0 radical (unpaired) electrons. The molecule has 0 saturated carbocycles. The molecule has 3 nitrogen and oxygen atoms in total. The molecule has 1 aromatic carbocycles. The van der Waals surface area contributed by atoms with E-state index in [4.69, 9.17) is 5.73 Å². The molecule has 2 rings (SSSR count). The SMILES string of the molecule is Cc1ccc(C2CCCCN2C(=O)C(C)C(C)N)cc1.Cl. The lowest BCUT2D eigenvalue weighted by molar-refractivity contribution is -0.139. The Labute approximate surface area is 134 Å². The van der Waals surface area contributed by atoms with Crippen LogP contribution in [0.1, 0.15) is 50.3 Å². The highest BCUT2D eigenvalue weighted by Gasteiger charge is 2.31. The second kappa shape index (κ2) is 7.81. The summed E-state index contributed by atoms with van der Waals surface area (Å²) in [4.78, 5) is 14.7. The maximum atomic E-state index is 12.6. The lowest BCUT2D eigenvalue weighted by atomic mass is 9.92. The molecule has 0 bridgehead atoms. The number of rotatable bonds is 3. The molecule has 1 aromatic rings. The monoisotopic (exact) mass is 310 g/mol. The fourth-order valence-electron chi connectivity index (χ4n) is 2.82. The van der Waals surface area contributed by atoms with Gasteiger partial charge in [0.1, 0.15) is 0 Å². The van der Waals surface area contributed by atoms with Crippen molar-refractivity contribution in [2.24, 2.45) is 11.7 Å². The van der Waals surface area contributed by atoms with Crippen LogP contribution in [-0.4, -0.2) is 23.4 Å². The van der Waals surface area contributed by atoms with E-state index < -0.39 is 0 Å². The standard InChI is InChI=1S/C17H26N2O.ClH/c1-12-7-9-15(10-8-12)16-6-4-5-11-19(16)17(20)13(2)14(3)18;/h7-10,13-14,16H,4-6,11,18H2,1-3H3;1H. The van der Waals surface area contributed by atoms with Crippen LogP contribution in [-0.2, 0) is 4.79 Å². The number of carbonyl (C=O) groups excluding carboxylic acids is 1. The van der Waals surface area contributed by atoms with Crippen LogP contribution >= 0.6 is 12.4 Å². The third-order valence-corrected chi connectivity index (χ3v) is 4.43. The molecule has 0 spiro atoms. The van der Waals surface area contributed by atoms with Crippen LogP contribution in [0.25, 0.3) is 0 Å². The van der Waals surface area contributed by atoms with Crippen LogP contribution in [0.2, 0.25) is 0 Å². The molecule has 2 N–H and O–H groups in total. The Balaban J connectivity index is 0.00000220. The molecule has 1 amide bonds. The first kappa shape index (κ1) is 18.0. The Hall–Kier alpha value is -1.06. The molecule has 0 aliphatic carbocycles. The highest BCUT2D eigenvalue weighted by Crippen LogP contribution is 2.32. The number of benzene rings is 1. The normalized spacial score (nSPS) is 21.3. The van der Waals surface area contributed by atoms with E-state index in [0.29, 0.717) is 0 Å². The number of piperidine rings is 1. The van der Waals surface area contributed by atoms with Gasteiger partial charge >= 0.3 is 0 Å². The van der Waals surface area contributed by atoms with Gasteiger partial charge in [-0.3, -0.25) is 4.79 Å². The molecular weight excluding hydrogens is 284 g/mol. The smallest absolute Gasteiger partial charge is 0.227 e. The number of hydrogen-bond donors (Lipinski definition) is 1. The summed E-state index contributed by atoms with van der Waals surface area (Å²) >= 11 is 0. The molecule has 0 aromatic heterocycles. The minimum absolute atomic E-state index is 0. The summed E-state index contributed by atoms with van der Waals surface area (Å²) < 4.78 is 0. The van der Waals surface area contributed by atoms with Gasteiger partial charge in [0.2, 0.25) is 5.91 Å². The highest BCUT2D eigenvalue weighted by molar-refractivity contribution is 5.85. The Kier molecular flexibility index (Phi) is 6.69. The van der Waals surface area contributed by atoms with Gasteiger partial charge in [0.05, 0.1) is 12.0 Å². The molecule has 3 atom stereocenters. The number of carbonyl (C=O) groups is 1. The third-order valence-electron chi connectivity index (χ3n) is 4.43. The molecule has 1 heterocycles. The molecule has 118 valence electrons. The van der Waals surface area contributed by atoms with E-state index in [0.717, 1.165) is 19.4 Å². The maximum absolute atomic E-state index is 12.6. The predicted octanol–water partition coefficient (Wildman–Crippen LogP) is 3.45. The Morgan fingerprint density at radius 2 is 1.86 bits per heavy atom. The minimum Gasteiger partial charge on any atom is -0.335 e. The van der Waals surface area contributed by atoms with Crippen molar-refractivity contribution in [2.45, 2.75) is 52.1 Å². The summed E-state index contributed by atoms with van der Waals surface area (Å²) in [5, 5.41) is 0. The van der Waals surface area contributed by atoms with Crippen molar-refractivity contribution in [1.82, 2.24) is 4.90 Å². The summed E-state index contributed by atoms with van der Waals surface area (Å²) in [5.74, 6) is 0.0892. The van der Waals surface area contributed by atoms with Gasteiger partial charge in [-0.05, 0) is 38.7 Å². The molecule has 21 heavy (non-hydrogen) atoms. The molecule has 1 saturated heterocycles. The molecule has 1 fully saturated rings.